The van der Waals surface area contributed by atoms with Crippen LogP contribution in [0.5, 0.6) is 0 Å². The van der Waals surface area contributed by atoms with Crippen molar-refractivity contribution >= 4 is 29.0 Å². The predicted molar refractivity (Wildman–Crippen MR) is 48.0 cm³/mol. The number of rotatable bonds is 0. The molecular weight excluding hydrogens is 245 g/mol. The summed E-state index contributed by atoms with van der Waals surface area (Å²) in [7, 11) is 1.65. The van der Waals surface area contributed by atoms with Crippen LogP contribution in [-0.4, -0.2) is 21.9 Å². The number of hydrogen-bond acceptors (Lipinski definition) is 2. The first kappa shape index (κ1) is 10.0. The summed E-state index contributed by atoms with van der Waals surface area (Å²) in [5, 5.41) is 0. The van der Waals surface area contributed by atoms with E-state index in [1.807, 2.05) is 43.6 Å². The van der Waals surface area contributed by atoms with Crippen molar-refractivity contribution in [1.29, 1.82) is 0 Å². The molecule has 0 aliphatic rings. The largest absolute Gasteiger partial charge is 0.443 e. The van der Waals surface area contributed by atoms with E-state index in [1.165, 1.54) is 3.11 Å². The molecule has 0 fully saturated rings. The highest BCUT2D eigenvalue weighted by molar-refractivity contribution is 14.1. The third-order valence-corrected chi connectivity index (χ3v) is 1.04. The Bertz CT molecular complexity index is 128. The predicted octanol–water partition coefficient (Wildman–Crippen LogP) is 2.20. The summed E-state index contributed by atoms with van der Waals surface area (Å²) in [6.07, 6.45) is -0.312. The average molecular weight is 257 g/mol. The number of ether oxygens (including phenoxy) is 1. The third kappa shape index (κ3) is 4.84. The van der Waals surface area contributed by atoms with Gasteiger partial charge in [-0.1, -0.05) is 0 Å². The second-order valence-electron chi connectivity index (χ2n) is 2.96. The summed E-state index contributed by atoms with van der Waals surface area (Å²) in [5.74, 6) is 0. The van der Waals surface area contributed by atoms with Gasteiger partial charge >= 0.3 is 6.09 Å². The Morgan fingerprint density at radius 2 is 1.90 bits per heavy atom. The molecule has 0 unspecified atom stereocenters. The Labute approximate surface area is 75.2 Å². The van der Waals surface area contributed by atoms with Gasteiger partial charge in [0.15, 0.2) is 0 Å². The first-order valence-corrected chi connectivity index (χ1v) is 3.92. The highest BCUT2D eigenvalue weighted by Gasteiger charge is 2.17. The summed E-state index contributed by atoms with van der Waals surface area (Å²) in [6, 6.07) is 0. The van der Waals surface area contributed by atoms with Crippen LogP contribution in [-0.2, 0) is 4.74 Å². The summed E-state index contributed by atoms with van der Waals surface area (Å²) in [6.45, 7) is 5.52. The molecule has 0 heterocycles. The van der Waals surface area contributed by atoms with Crippen molar-refractivity contribution in [3.63, 3.8) is 0 Å². The fraction of sp³-hybridized carbons (Fsp3) is 0.833. The van der Waals surface area contributed by atoms with Gasteiger partial charge in [-0.05, 0) is 20.8 Å². The van der Waals surface area contributed by atoms with E-state index >= 15 is 0 Å². The minimum absolute atomic E-state index is 0.312. The van der Waals surface area contributed by atoms with E-state index in [-0.39, 0.29) is 6.09 Å². The lowest BCUT2D eigenvalue weighted by atomic mass is 10.2. The van der Waals surface area contributed by atoms with Gasteiger partial charge in [-0.15, -0.1) is 0 Å². The first-order chi connectivity index (χ1) is 4.33. The summed E-state index contributed by atoms with van der Waals surface area (Å²) in [5.41, 5.74) is -0.392. The monoisotopic (exact) mass is 257 g/mol. The molecule has 0 atom stereocenters. The zero-order valence-electron chi connectivity index (χ0n) is 6.64. The molecule has 60 valence electrons. The Morgan fingerprint density at radius 3 is 2.00 bits per heavy atom. The number of carbonyl (C=O) groups excluding carboxylic acids is 1. The van der Waals surface area contributed by atoms with Crippen LogP contribution in [0.1, 0.15) is 20.8 Å². The Hall–Kier alpha value is 0. The lowest BCUT2D eigenvalue weighted by molar-refractivity contribution is 0.0454. The molecule has 0 aromatic carbocycles. The summed E-state index contributed by atoms with van der Waals surface area (Å²) < 4.78 is 6.36. The molecule has 0 N–H and O–H groups in total. The van der Waals surface area contributed by atoms with Gasteiger partial charge in [-0.3, -0.25) is 3.11 Å². The molecule has 10 heavy (non-hydrogen) atoms. The maximum atomic E-state index is 10.9. The van der Waals surface area contributed by atoms with Crippen LogP contribution in [0.25, 0.3) is 0 Å². The Kier molecular flexibility index (Phi) is 3.41. The van der Waals surface area contributed by atoms with Crippen LogP contribution >= 0.6 is 22.9 Å². The maximum Gasteiger partial charge on any atom is 0.418 e. The van der Waals surface area contributed by atoms with Gasteiger partial charge in [0.25, 0.3) is 0 Å². The van der Waals surface area contributed by atoms with E-state index in [0.29, 0.717) is 0 Å². The number of halogens is 1. The van der Waals surface area contributed by atoms with Crippen LogP contribution in [0, 0.1) is 0 Å². The average Bonchev–Trinajstić information content (AvgIpc) is 1.60. The molecule has 0 radical (unpaired) electrons. The van der Waals surface area contributed by atoms with Gasteiger partial charge < -0.3 is 4.74 Å². The van der Waals surface area contributed by atoms with Crippen molar-refractivity contribution < 1.29 is 9.53 Å². The van der Waals surface area contributed by atoms with Crippen molar-refractivity contribution in [2.24, 2.45) is 0 Å². The molecule has 1 amide bonds. The zero-order chi connectivity index (χ0) is 8.36. The van der Waals surface area contributed by atoms with Crippen molar-refractivity contribution in [2.45, 2.75) is 26.4 Å². The molecule has 0 bridgehead atoms. The smallest absolute Gasteiger partial charge is 0.418 e. The zero-order valence-corrected chi connectivity index (χ0v) is 8.80. The molecule has 0 saturated carbocycles. The molecular formula is C6H12INO2. The summed E-state index contributed by atoms with van der Waals surface area (Å²) in [4.78, 5) is 10.9. The molecule has 0 aliphatic carbocycles. The van der Waals surface area contributed by atoms with E-state index in [1.54, 1.807) is 7.05 Å². The second-order valence-corrected chi connectivity index (χ2v) is 4.40. The third-order valence-electron chi connectivity index (χ3n) is 0.645. The van der Waals surface area contributed by atoms with Gasteiger partial charge in [0.05, 0.1) is 22.9 Å². The van der Waals surface area contributed by atoms with Crippen LogP contribution < -0.4 is 0 Å². The van der Waals surface area contributed by atoms with Gasteiger partial charge in [0.1, 0.15) is 5.60 Å². The van der Waals surface area contributed by atoms with Crippen LogP contribution in [0.4, 0.5) is 4.79 Å². The van der Waals surface area contributed by atoms with Gasteiger partial charge in [-0.25, -0.2) is 4.79 Å². The number of carbonyl (C=O) groups is 1. The fourth-order valence-corrected chi connectivity index (χ4v) is 0.423. The van der Waals surface area contributed by atoms with Crippen LogP contribution in [0.3, 0.4) is 0 Å². The molecule has 0 spiro atoms. The lowest BCUT2D eigenvalue weighted by Crippen LogP contribution is -2.28. The van der Waals surface area contributed by atoms with Gasteiger partial charge in [0, 0.05) is 7.05 Å². The first-order valence-electron chi connectivity index (χ1n) is 2.95. The van der Waals surface area contributed by atoms with Crippen molar-refractivity contribution in [1.82, 2.24) is 3.11 Å². The van der Waals surface area contributed by atoms with Crippen molar-refractivity contribution in [3.05, 3.63) is 0 Å². The molecule has 0 aliphatic heterocycles. The Morgan fingerprint density at radius 1 is 1.50 bits per heavy atom. The number of nitrogens with zero attached hydrogens (tertiary/aromatic N) is 1. The van der Waals surface area contributed by atoms with E-state index in [9.17, 15) is 4.79 Å². The van der Waals surface area contributed by atoms with E-state index in [2.05, 4.69) is 0 Å². The van der Waals surface area contributed by atoms with Crippen LogP contribution in [0.2, 0.25) is 0 Å². The molecule has 0 rings (SSSR count). The minimum atomic E-state index is -0.392. The molecule has 0 aromatic rings. The molecule has 0 saturated heterocycles. The molecule has 0 aromatic heterocycles. The second kappa shape index (κ2) is 3.41. The number of hydrogen-bond donors (Lipinski definition) is 0. The van der Waals surface area contributed by atoms with Crippen molar-refractivity contribution in [3.8, 4) is 0 Å². The quantitative estimate of drug-likeness (QED) is 0.491. The van der Waals surface area contributed by atoms with Gasteiger partial charge in [-0.2, -0.15) is 0 Å². The number of amides is 1. The maximum absolute atomic E-state index is 10.9. The van der Waals surface area contributed by atoms with Crippen LogP contribution in [0.15, 0.2) is 0 Å². The van der Waals surface area contributed by atoms with E-state index < -0.39 is 5.60 Å². The normalized spacial score (nSPS) is 10.9. The highest BCUT2D eigenvalue weighted by Crippen LogP contribution is 2.10. The summed E-state index contributed by atoms with van der Waals surface area (Å²) >= 11 is 1.87. The fourth-order valence-electron chi connectivity index (χ4n) is 0.325. The van der Waals surface area contributed by atoms with Crippen molar-refractivity contribution in [2.75, 3.05) is 7.05 Å². The highest BCUT2D eigenvalue weighted by atomic mass is 127. The SMILES string of the molecule is CN(I)C(=O)OC(C)(C)C. The standard InChI is InChI=1S/C6H12INO2/c1-6(2,3)10-5(9)8(4)7/h1-4H3. The minimum Gasteiger partial charge on any atom is -0.443 e. The van der Waals surface area contributed by atoms with E-state index in [4.69, 9.17) is 4.74 Å². The topological polar surface area (TPSA) is 29.5 Å². The Balaban J connectivity index is 3.81. The molecule has 3 nitrogen and oxygen atoms in total. The van der Waals surface area contributed by atoms with Gasteiger partial charge in [0.2, 0.25) is 0 Å². The van der Waals surface area contributed by atoms with E-state index in [0.717, 1.165) is 0 Å². The lowest BCUT2D eigenvalue weighted by Gasteiger charge is -2.21. The molecule has 4 heteroatoms.